The average Bonchev–Trinajstić information content (AvgIpc) is 3.67. The van der Waals surface area contributed by atoms with Crippen molar-refractivity contribution < 1.29 is 24.9 Å². The summed E-state index contributed by atoms with van der Waals surface area (Å²) in [7, 11) is 1.71. The van der Waals surface area contributed by atoms with E-state index in [-0.39, 0.29) is 18.5 Å². The lowest BCUT2D eigenvalue weighted by atomic mass is 9.91. The van der Waals surface area contributed by atoms with E-state index in [1.54, 1.807) is 18.1 Å². The number of nitrogens with zero attached hydrogens (tertiary/aromatic N) is 6. The molecule has 4 heterocycles. The van der Waals surface area contributed by atoms with E-state index in [1.807, 2.05) is 54.6 Å². The van der Waals surface area contributed by atoms with E-state index in [9.17, 15) is 20.1 Å². The zero-order valence-corrected chi connectivity index (χ0v) is 25.9. The maximum absolute atomic E-state index is 13.0. The highest BCUT2D eigenvalue weighted by molar-refractivity contribution is 5.83. The number of hydrogen-bond donors (Lipinski definition) is 5. The molecule has 4 atom stereocenters. The first-order valence-electron chi connectivity index (χ1n) is 15.5. The highest BCUT2D eigenvalue weighted by Gasteiger charge is 2.44. The molecule has 0 spiro atoms. The Labute approximate surface area is 271 Å². The lowest BCUT2D eigenvalue weighted by molar-refractivity contribution is -0.0511. The lowest BCUT2D eigenvalue weighted by Crippen LogP contribution is -2.38. The fraction of sp³-hybridized carbons (Fsp3) is 0.324. The highest BCUT2D eigenvalue weighted by Crippen LogP contribution is 2.33. The number of ether oxygens (including phenoxy) is 1. The van der Waals surface area contributed by atoms with Crippen molar-refractivity contribution in [2.75, 3.05) is 32.1 Å². The highest BCUT2D eigenvalue weighted by atomic mass is 16.6. The molecule has 1 fully saturated rings. The number of aliphatic hydroxyl groups is 3. The summed E-state index contributed by atoms with van der Waals surface area (Å²) in [4.78, 5) is 32.9. The fourth-order valence-corrected chi connectivity index (χ4v) is 5.68. The fourth-order valence-electron chi connectivity index (χ4n) is 5.68. The van der Waals surface area contributed by atoms with Crippen LogP contribution in [0.2, 0.25) is 0 Å². The third kappa shape index (κ3) is 7.23. The van der Waals surface area contributed by atoms with Crippen LogP contribution < -0.4 is 10.6 Å². The van der Waals surface area contributed by atoms with E-state index < -0.39 is 31.1 Å². The van der Waals surface area contributed by atoms with Gasteiger partial charge in [-0.15, -0.1) is 0 Å². The zero-order valence-electron chi connectivity index (χ0n) is 25.9. The normalized spacial score (nSPS) is 19.3. The van der Waals surface area contributed by atoms with E-state index in [1.165, 1.54) is 10.9 Å². The van der Waals surface area contributed by atoms with Gasteiger partial charge in [0, 0.05) is 44.4 Å². The molecule has 0 aliphatic carbocycles. The van der Waals surface area contributed by atoms with Crippen molar-refractivity contribution in [1.29, 1.82) is 0 Å². The van der Waals surface area contributed by atoms with Gasteiger partial charge in [0.2, 0.25) is 0 Å². The molecule has 2 amide bonds. The number of hydrogen-bond acceptors (Lipinski definition) is 10. The largest absolute Gasteiger partial charge is 0.394 e. The van der Waals surface area contributed by atoms with Crippen LogP contribution >= 0.6 is 0 Å². The number of urea groups is 1. The number of carbonyl (C=O) groups excluding carboxylic acids is 1. The number of aromatic nitrogens is 5. The predicted octanol–water partition coefficient (Wildman–Crippen LogP) is 2.46. The molecule has 0 unspecified atom stereocenters. The van der Waals surface area contributed by atoms with Crippen LogP contribution in [0.5, 0.6) is 0 Å². The van der Waals surface area contributed by atoms with Crippen LogP contribution in [0.15, 0.2) is 91.4 Å². The first-order valence-corrected chi connectivity index (χ1v) is 15.5. The van der Waals surface area contributed by atoms with Crippen molar-refractivity contribution in [3.63, 3.8) is 0 Å². The standard InChI is InChI=1S/C34H38N8O5/c1-41(17-15-24-14-8-9-16-35-24)34(46)37-19-27-39-31(36-18-25(22-10-4-2-5-11-22)23-12-6-3-7-13-23)28-32(40-27)42(21-38-28)33-30(45)29(44)26(20-43)47-33/h2-14,16,21,25-26,29-30,33,43-45H,15,17-20H2,1H3,(H,37,46)(H,36,39,40)/t26-,29-,30+,33-/m1/s1. The topological polar surface area (TPSA) is 171 Å². The molecule has 1 saturated heterocycles. The Hall–Kier alpha value is -4.95. The van der Waals surface area contributed by atoms with Crippen molar-refractivity contribution in [2.45, 2.75) is 43.4 Å². The van der Waals surface area contributed by atoms with Gasteiger partial charge < -0.3 is 35.6 Å². The van der Waals surface area contributed by atoms with Gasteiger partial charge in [-0.3, -0.25) is 9.55 Å². The SMILES string of the molecule is CN(CCc1ccccn1)C(=O)NCc1nc(NCC(c2ccccc2)c2ccccc2)c2ncn([C@@H]3O[C@H](CO)[C@@H](O)[C@@H]3O)c2n1. The number of rotatable bonds is 12. The van der Waals surface area contributed by atoms with Crippen molar-refractivity contribution in [3.8, 4) is 0 Å². The lowest BCUT2D eigenvalue weighted by Gasteiger charge is -2.20. The smallest absolute Gasteiger partial charge is 0.317 e. The quantitative estimate of drug-likeness (QED) is 0.137. The second-order valence-electron chi connectivity index (χ2n) is 11.4. The molecule has 1 aliphatic rings. The van der Waals surface area contributed by atoms with E-state index in [4.69, 9.17) is 9.72 Å². The first kappa shape index (κ1) is 32.0. The van der Waals surface area contributed by atoms with Crippen LogP contribution in [0.3, 0.4) is 0 Å². The maximum Gasteiger partial charge on any atom is 0.317 e. The van der Waals surface area contributed by atoms with Gasteiger partial charge in [0.25, 0.3) is 0 Å². The van der Waals surface area contributed by atoms with Crippen molar-refractivity contribution in [3.05, 3.63) is 114 Å². The number of fused-ring (bicyclic) bond motifs is 1. The molecule has 0 bridgehead atoms. The molecule has 5 aromatic rings. The van der Waals surface area contributed by atoms with Gasteiger partial charge in [0.15, 0.2) is 29.0 Å². The Balaban J connectivity index is 1.27. The maximum atomic E-state index is 13.0. The molecular formula is C34H38N8O5. The minimum atomic E-state index is -1.33. The van der Waals surface area contributed by atoms with Gasteiger partial charge in [-0.25, -0.2) is 19.7 Å². The number of pyridine rings is 1. The third-order valence-electron chi connectivity index (χ3n) is 8.31. The number of amides is 2. The Morgan fingerprint density at radius 1 is 0.957 bits per heavy atom. The summed E-state index contributed by atoms with van der Waals surface area (Å²) in [6, 6.07) is 25.7. The molecule has 47 heavy (non-hydrogen) atoms. The molecule has 13 nitrogen and oxygen atoms in total. The minimum Gasteiger partial charge on any atom is -0.394 e. The van der Waals surface area contributed by atoms with Crippen LogP contribution in [0.25, 0.3) is 11.2 Å². The molecule has 0 radical (unpaired) electrons. The Kier molecular flexibility index (Phi) is 9.97. The van der Waals surface area contributed by atoms with Crippen LogP contribution in [0.1, 0.15) is 34.8 Å². The molecule has 2 aromatic carbocycles. The van der Waals surface area contributed by atoms with Gasteiger partial charge >= 0.3 is 6.03 Å². The number of carbonyl (C=O) groups is 1. The Bertz CT molecular complexity index is 1720. The molecule has 3 aromatic heterocycles. The van der Waals surface area contributed by atoms with Crippen molar-refractivity contribution in [2.24, 2.45) is 0 Å². The van der Waals surface area contributed by atoms with Crippen LogP contribution in [0.4, 0.5) is 10.6 Å². The van der Waals surface area contributed by atoms with Crippen LogP contribution in [-0.2, 0) is 17.7 Å². The van der Waals surface area contributed by atoms with Crippen LogP contribution in [-0.4, -0.2) is 95.8 Å². The summed E-state index contributed by atoms with van der Waals surface area (Å²) in [5.74, 6) is 0.724. The second-order valence-corrected chi connectivity index (χ2v) is 11.4. The molecule has 1 aliphatic heterocycles. The number of benzene rings is 2. The molecule has 0 saturated carbocycles. The van der Waals surface area contributed by atoms with E-state index in [2.05, 4.69) is 49.9 Å². The monoisotopic (exact) mass is 638 g/mol. The summed E-state index contributed by atoms with van der Waals surface area (Å²) >= 11 is 0. The summed E-state index contributed by atoms with van der Waals surface area (Å²) < 4.78 is 7.30. The third-order valence-corrected chi connectivity index (χ3v) is 8.31. The Morgan fingerprint density at radius 2 is 1.66 bits per heavy atom. The van der Waals surface area contributed by atoms with E-state index >= 15 is 0 Å². The summed E-state index contributed by atoms with van der Waals surface area (Å²) in [6.45, 7) is 0.491. The Morgan fingerprint density at radius 3 is 2.30 bits per heavy atom. The molecule has 5 N–H and O–H groups in total. The summed E-state index contributed by atoms with van der Waals surface area (Å²) in [6.07, 6.45) is -0.839. The van der Waals surface area contributed by atoms with E-state index in [0.717, 1.165) is 16.8 Å². The summed E-state index contributed by atoms with van der Waals surface area (Å²) in [5.41, 5.74) is 3.88. The minimum absolute atomic E-state index is 0.0131. The predicted molar refractivity (Wildman–Crippen MR) is 174 cm³/mol. The average molecular weight is 639 g/mol. The van der Waals surface area contributed by atoms with Gasteiger partial charge in [-0.05, 0) is 23.3 Å². The van der Waals surface area contributed by atoms with Gasteiger partial charge in [0.1, 0.15) is 18.3 Å². The molecule has 6 rings (SSSR count). The first-order chi connectivity index (χ1) is 22.9. The van der Waals surface area contributed by atoms with Crippen molar-refractivity contribution in [1.82, 2.24) is 34.7 Å². The number of nitrogens with one attached hydrogen (secondary N) is 2. The number of imidazole rings is 1. The summed E-state index contributed by atoms with van der Waals surface area (Å²) in [5, 5.41) is 37.2. The zero-order chi connectivity index (χ0) is 32.8. The van der Waals surface area contributed by atoms with Crippen molar-refractivity contribution >= 4 is 23.0 Å². The number of likely N-dealkylation sites (N-methyl/N-ethyl adjacent to an activating group) is 1. The van der Waals surface area contributed by atoms with E-state index in [0.29, 0.717) is 42.3 Å². The number of aliphatic hydroxyl groups excluding tert-OH is 3. The van der Waals surface area contributed by atoms with Gasteiger partial charge in [-0.1, -0.05) is 66.7 Å². The second kappa shape index (κ2) is 14.6. The van der Waals surface area contributed by atoms with Crippen LogP contribution in [0, 0.1) is 0 Å². The molecular weight excluding hydrogens is 600 g/mol. The van der Waals surface area contributed by atoms with Gasteiger partial charge in [0.05, 0.1) is 19.5 Å². The number of anilines is 1. The van der Waals surface area contributed by atoms with Gasteiger partial charge in [-0.2, -0.15) is 0 Å². The molecule has 13 heteroatoms. The molecule has 244 valence electrons.